The van der Waals surface area contributed by atoms with Crippen LogP contribution in [0, 0.1) is 0 Å². The Balaban J connectivity index is 3.35. The van der Waals surface area contributed by atoms with Crippen LogP contribution in [0.5, 0.6) is 5.75 Å². The zero-order valence-electron chi connectivity index (χ0n) is 7.30. The predicted molar refractivity (Wildman–Crippen MR) is 48.2 cm³/mol. The van der Waals surface area contributed by atoms with E-state index < -0.39 is 10.1 Å². The number of hydrogen-bond donors (Lipinski definition) is 1. The molecule has 0 saturated carbocycles. The maximum Gasteiger partial charge on any atom is 0.294 e. The van der Waals surface area contributed by atoms with Crippen molar-refractivity contribution in [3.05, 3.63) is 23.8 Å². The second-order valence-electron chi connectivity index (χ2n) is 2.50. The maximum absolute atomic E-state index is 10.7. The molecule has 0 atom stereocenters. The van der Waals surface area contributed by atoms with E-state index in [2.05, 4.69) is 0 Å². The van der Waals surface area contributed by atoms with Crippen LogP contribution in [0.25, 0.3) is 0 Å². The van der Waals surface area contributed by atoms with E-state index in [0.29, 0.717) is 6.29 Å². The molecule has 76 valence electrons. The minimum atomic E-state index is -4.27. The molecule has 0 spiro atoms. The van der Waals surface area contributed by atoms with Crippen molar-refractivity contribution < 1.29 is 22.5 Å². The summed E-state index contributed by atoms with van der Waals surface area (Å²) in [5.41, 5.74) is 0.0719. The van der Waals surface area contributed by atoms with Gasteiger partial charge in [0.05, 0.1) is 17.6 Å². The molecule has 0 fully saturated rings. The normalized spacial score (nSPS) is 11.0. The number of aldehydes is 1. The standard InChI is InChI=1S/C8H8O5S/c1-13-8-3-2-7(14(10,11)12)4-6(8)5-9/h2-5H,1H3,(H,10,11,12). The lowest BCUT2D eigenvalue weighted by Crippen LogP contribution is -2.00. The first kappa shape index (κ1) is 10.7. The third-order valence-electron chi connectivity index (χ3n) is 1.63. The van der Waals surface area contributed by atoms with Gasteiger partial charge in [-0.05, 0) is 18.2 Å². The van der Waals surface area contributed by atoms with Crippen molar-refractivity contribution in [1.82, 2.24) is 0 Å². The Morgan fingerprint density at radius 3 is 2.50 bits per heavy atom. The lowest BCUT2D eigenvalue weighted by molar-refractivity contribution is 0.112. The van der Waals surface area contributed by atoms with Crippen LogP contribution < -0.4 is 4.74 Å². The van der Waals surface area contributed by atoms with Crippen LogP contribution in [0.4, 0.5) is 0 Å². The number of benzene rings is 1. The lowest BCUT2D eigenvalue weighted by atomic mass is 10.2. The van der Waals surface area contributed by atoms with Crippen molar-refractivity contribution >= 4 is 16.4 Å². The molecule has 0 aliphatic rings. The number of carbonyl (C=O) groups is 1. The van der Waals surface area contributed by atoms with Crippen LogP contribution in [0.1, 0.15) is 10.4 Å². The molecule has 1 rings (SSSR count). The van der Waals surface area contributed by atoms with Gasteiger partial charge in [-0.3, -0.25) is 9.35 Å². The molecule has 0 saturated heterocycles. The molecule has 0 unspecified atom stereocenters. The largest absolute Gasteiger partial charge is 0.496 e. The first-order valence-corrected chi connectivity index (χ1v) is 5.03. The fourth-order valence-corrected chi connectivity index (χ4v) is 1.48. The van der Waals surface area contributed by atoms with E-state index in [1.807, 2.05) is 0 Å². The summed E-state index contributed by atoms with van der Waals surface area (Å²) in [6, 6.07) is 3.50. The van der Waals surface area contributed by atoms with Crippen LogP contribution in [0.2, 0.25) is 0 Å². The lowest BCUT2D eigenvalue weighted by Gasteiger charge is -2.04. The Labute approximate surface area is 81.1 Å². The molecule has 1 aromatic carbocycles. The molecule has 5 nitrogen and oxygen atoms in total. The monoisotopic (exact) mass is 216 g/mol. The van der Waals surface area contributed by atoms with E-state index in [9.17, 15) is 13.2 Å². The van der Waals surface area contributed by atoms with Gasteiger partial charge in [0, 0.05) is 0 Å². The fraction of sp³-hybridized carbons (Fsp3) is 0.125. The minimum Gasteiger partial charge on any atom is -0.496 e. The van der Waals surface area contributed by atoms with Crippen LogP contribution >= 0.6 is 0 Å². The summed E-state index contributed by atoms with van der Waals surface area (Å²) in [6.07, 6.45) is 0.452. The Morgan fingerprint density at radius 1 is 1.43 bits per heavy atom. The van der Waals surface area contributed by atoms with Gasteiger partial charge in [-0.25, -0.2) is 0 Å². The van der Waals surface area contributed by atoms with E-state index in [1.165, 1.54) is 13.2 Å². The highest BCUT2D eigenvalue weighted by molar-refractivity contribution is 7.85. The molecule has 0 radical (unpaired) electrons. The highest BCUT2D eigenvalue weighted by Gasteiger charge is 2.12. The van der Waals surface area contributed by atoms with E-state index in [4.69, 9.17) is 9.29 Å². The Morgan fingerprint density at radius 2 is 2.07 bits per heavy atom. The smallest absolute Gasteiger partial charge is 0.294 e. The second kappa shape index (κ2) is 3.77. The first-order chi connectivity index (χ1) is 6.49. The van der Waals surface area contributed by atoms with Crippen molar-refractivity contribution in [3.8, 4) is 5.75 Å². The van der Waals surface area contributed by atoms with Crippen LogP contribution in [0.3, 0.4) is 0 Å². The molecule has 1 N–H and O–H groups in total. The maximum atomic E-state index is 10.7. The van der Waals surface area contributed by atoms with Crippen molar-refractivity contribution in [2.75, 3.05) is 7.11 Å². The molecule has 0 heterocycles. The van der Waals surface area contributed by atoms with Crippen molar-refractivity contribution in [2.24, 2.45) is 0 Å². The van der Waals surface area contributed by atoms with Gasteiger partial charge in [-0.15, -0.1) is 0 Å². The summed E-state index contributed by atoms with van der Waals surface area (Å²) in [7, 11) is -2.92. The molecule has 6 heteroatoms. The summed E-state index contributed by atoms with van der Waals surface area (Å²) in [5.74, 6) is 0.257. The minimum absolute atomic E-state index is 0.0719. The average molecular weight is 216 g/mol. The highest BCUT2D eigenvalue weighted by Crippen LogP contribution is 2.20. The molecule has 0 aliphatic carbocycles. The molecule has 1 aromatic rings. The number of rotatable bonds is 3. The first-order valence-electron chi connectivity index (χ1n) is 3.59. The zero-order valence-corrected chi connectivity index (χ0v) is 8.11. The van der Waals surface area contributed by atoms with Crippen molar-refractivity contribution in [1.29, 1.82) is 0 Å². The van der Waals surface area contributed by atoms with Crippen LogP contribution in [-0.2, 0) is 10.1 Å². The molecular weight excluding hydrogens is 208 g/mol. The number of ether oxygens (including phenoxy) is 1. The van der Waals surface area contributed by atoms with Gasteiger partial charge < -0.3 is 4.74 Å². The molecule has 0 aliphatic heterocycles. The molecule has 14 heavy (non-hydrogen) atoms. The third kappa shape index (κ3) is 2.09. The zero-order chi connectivity index (χ0) is 10.8. The van der Waals surface area contributed by atoms with E-state index in [1.54, 1.807) is 0 Å². The van der Waals surface area contributed by atoms with Crippen LogP contribution in [0.15, 0.2) is 23.1 Å². The van der Waals surface area contributed by atoms with Gasteiger partial charge in [-0.2, -0.15) is 8.42 Å². The van der Waals surface area contributed by atoms with Crippen LogP contribution in [-0.4, -0.2) is 26.4 Å². The molecule has 0 aromatic heterocycles. The Bertz CT molecular complexity index is 449. The van der Waals surface area contributed by atoms with Gasteiger partial charge >= 0.3 is 0 Å². The molecular formula is C8H8O5S. The van der Waals surface area contributed by atoms with Gasteiger partial charge in [0.1, 0.15) is 5.75 Å². The summed E-state index contributed by atoms with van der Waals surface area (Å²) >= 11 is 0. The fourth-order valence-electron chi connectivity index (χ4n) is 0.965. The van der Waals surface area contributed by atoms with E-state index in [-0.39, 0.29) is 16.2 Å². The van der Waals surface area contributed by atoms with Crippen molar-refractivity contribution in [2.45, 2.75) is 4.90 Å². The summed E-state index contributed by atoms with van der Waals surface area (Å²) in [4.78, 5) is 10.2. The summed E-state index contributed by atoms with van der Waals surface area (Å²) in [5, 5.41) is 0. The summed E-state index contributed by atoms with van der Waals surface area (Å²) < 4.78 is 34.9. The topological polar surface area (TPSA) is 80.7 Å². The van der Waals surface area contributed by atoms with Gasteiger partial charge in [0.15, 0.2) is 6.29 Å². The SMILES string of the molecule is COc1ccc(S(=O)(=O)O)cc1C=O. The van der Waals surface area contributed by atoms with Crippen molar-refractivity contribution in [3.63, 3.8) is 0 Å². The van der Waals surface area contributed by atoms with Gasteiger partial charge in [0.2, 0.25) is 0 Å². The second-order valence-corrected chi connectivity index (χ2v) is 3.92. The highest BCUT2D eigenvalue weighted by atomic mass is 32.2. The van der Waals surface area contributed by atoms with Gasteiger partial charge in [-0.1, -0.05) is 0 Å². The van der Waals surface area contributed by atoms with E-state index >= 15 is 0 Å². The number of methoxy groups -OCH3 is 1. The molecule has 0 amide bonds. The molecule has 0 bridgehead atoms. The summed E-state index contributed by atoms with van der Waals surface area (Å²) in [6.45, 7) is 0. The third-order valence-corrected chi connectivity index (χ3v) is 2.48. The number of hydrogen-bond acceptors (Lipinski definition) is 4. The Hall–Kier alpha value is -1.40. The van der Waals surface area contributed by atoms with E-state index in [0.717, 1.165) is 12.1 Å². The quantitative estimate of drug-likeness (QED) is 0.595. The number of carbonyl (C=O) groups excluding carboxylic acids is 1. The van der Waals surface area contributed by atoms with Gasteiger partial charge in [0.25, 0.3) is 10.1 Å². The average Bonchev–Trinajstić information content (AvgIpc) is 2.15. The Kier molecular flexibility index (Phi) is 2.87. The predicted octanol–water partition coefficient (Wildman–Crippen LogP) is 0.754.